The van der Waals surface area contributed by atoms with Crippen molar-refractivity contribution in [2.24, 2.45) is 0 Å². The average molecular weight is 445 g/mol. The molecule has 0 aliphatic carbocycles. The number of esters is 1. The molecular formula is C17H36N2O5S3. The minimum absolute atomic E-state index is 0.00463. The summed E-state index contributed by atoms with van der Waals surface area (Å²) in [4.78, 5) is 39.9. The van der Waals surface area contributed by atoms with Gasteiger partial charge in [-0.2, -0.15) is 0 Å². The molecule has 0 radical (unpaired) electrons. The Hall–Kier alpha value is -1.39. The lowest BCUT2D eigenvalue weighted by Crippen LogP contribution is -2.11. The van der Waals surface area contributed by atoms with Crippen molar-refractivity contribution in [1.82, 2.24) is 10.6 Å². The molecule has 162 valence electrons. The molecule has 1 amide bonds. The van der Waals surface area contributed by atoms with Crippen LogP contribution in [0.3, 0.4) is 0 Å². The molecule has 0 bridgehead atoms. The Morgan fingerprint density at radius 2 is 0.889 bits per heavy atom. The first-order valence-corrected chi connectivity index (χ1v) is 8.82. The van der Waals surface area contributed by atoms with Gasteiger partial charge in [0.15, 0.2) is 5.12 Å². The van der Waals surface area contributed by atoms with Crippen LogP contribution in [0.1, 0.15) is 55.4 Å². The number of thiol groups is 1. The van der Waals surface area contributed by atoms with Crippen molar-refractivity contribution >= 4 is 69.7 Å². The molecule has 7 nitrogen and oxygen atoms in total. The SMILES string of the molecule is CC(=O)S.CC(C)=O.CC(C)=S.CNC(C)=O.CNC(C)=S.COC(C)=O. The third-order valence-electron chi connectivity index (χ3n) is 0.992. The Morgan fingerprint density at radius 1 is 0.778 bits per heavy atom. The van der Waals surface area contributed by atoms with Gasteiger partial charge in [0, 0.05) is 34.9 Å². The van der Waals surface area contributed by atoms with Crippen molar-refractivity contribution in [2.75, 3.05) is 21.2 Å². The van der Waals surface area contributed by atoms with Crippen LogP contribution < -0.4 is 10.6 Å². The molecule has 0 atom stereocenters. The number of rotatable bonds is 0. The first-order valence-electron chi connectivity index (χ1n) is 7.56. The van der Waals surface area contributed by atoms with Crippen LogP contribution in [0.4, 0.5) is 0 Å². The van der Waals surface area contributed by atoms with Crippen LogP contribution in [0, 0.1) is 0 Å². The summed E-state index contributed by atoms with van der Waals surface area (Å²) >= 11 is 12.4. The van der Waals surface area contributed by atoms with Gasteiger partial charge in [0.1, 0.15) is 5.78 Å². The number of carbonyl (C=O) groups excluding carboxylic acids is 4. The van der Waals surface area contributed by atoms with Crippen molar-refractivity contribution in [2.45, 2.75) is 55.4 Å². The number of Topliss-reactive ketones (excluding diaryl/α,β-unsaturated/α-hetero) is 1. The van der Waals surface area contributed by atoms with Gasteiger partial charge in [-0.3, -0.25) is 14.4 Å². The summed E-state index contributed by atoms with van der Waals surface area (Å²) in [6.07, 6.45) is 0. The van der Waals surface area contributed by atoms with E-state index in [0.717, 1.165) is 9.85 Å². The lowest BCUT2D eigenvalue weighted by molar-refractivity contribution is -0.138. The Bertz CT molecular complexity index is 355. The minimum Gasteiger partial charge on any atom is -0.469 e. The van der Waals surface area contributed by atoms with Crippen LogP contribution >= 0.6 is 37.1 Å². The van der Waals surface area contributed by atoms with Crippen LogP contribution in [-0.4, -0.2) is 53.8 Å². The minimum atomic E-state index is -0.245. The third-order valence-corrected chi connectivity index (χ3v) is 1.20. The van der Waals surface area contributed by atoms with Gasteiger partial charge in [-0.15, -0.1) is 12.6 Å². The second-order valence-corrected chi connectivity index (χ2v) is 6.70. The smallest absolute Gasteiger partial charge is 0.302 e. The maximum absolute atomic E-state index is 9.70. The number of nitrogens with one attached hydrogen (secondary N) is 2. The lowest BCUT2D eigenvalue weighted by atomic mass is 10.6. The molecule has 0 aliphatic heterocycles. The van der Waals surface area contributed by atoms with Gasteiger partial charge in [0.25, 0.3) is 0 Å². The topological polar surface area (TPSA) is 102 Å². The zero-order valence-electron chi connectivity index (χ0n) is 18.3. The summed E-state index contributed by atoms with van der Waals surface area (Å²) in [7, 11) is 4.76. The highest BCUT2D eigenvalue weighted by Gasteiger charge is 1.75. The predicted molar refractivity (Wildman–Crippen MR) is 125 cm³/mol. The van der Waals surface area contributed by atoms with E-state index < -0.39 is 0 Å². The second-order valence-electron chi connectivity index (χ2n) is 4.64. The number of carbonyl (C=O) groups is 4. The normalized spacial score (nSPS) is 6.67. The molecule has 0 heterocycles. The molecule has 2 N–H and O–H groups in total. The molecular weight excluding hydrogens is 408 g/mol. The summed E-state index contributed by atoms with van der Waals surface area (Å²) in [6.45, 7) is 12.9. The standard InChI is InChI=1S/C3H7NO.C3H7NS.C3H6O2.C3H6O.C3H6S.C2H4OS/c2*1-3(5)4-2;1-3(4)5-2;2*1-3(2)4;1-2(3)4/h2*1-2H3,(H,4,5);1-2H3;2*1-2H3;1H3,(H,3,4). The van der Waals surface area contributed by atoms with E-state index in [-0.39, 0.29) is 22.8 Å². The van der Waals surface area contributed by atoms with E-state index in [1.165, 1.54) is 41.7 Å². The fourth-order valence-corrected chi connectivity index (χ4v) is 0. The summed E-state index contributed by atoms with van der Waals surface area (Å²) in [6, 6.07) is 0. The highest BCUT2D eigenvalue weighted by molar-refractivity contribution is 7.96. The van der Waals surface area contributed by atoms with Gasteiger partial charge in [0.2, 0.25) is 5.91 Å². The molecule has 27 heavy (non-hydrogen) atoms. The van der Waals surface area contributed by atoms with E-state index in [2.05, 4.69) is 52.4 Å². The fourth-order valence-electron chi connectivity index (χ4n) is 0. The largest absolute Gasteiger partial charge is 0.469 e. The number of ketones is 1. The maximum atomic E-state index is 9.70. The molecule has 0 unspecified atom stereocenters. The molecule has 0 rings (SSSR count). The van der Waals surface area contributed by atoms with Gasteiger partial charge < -0.3 is 20.2 Å². The van der Waals surface area contributed by atoms with Gasteiger partial charge in [-0.05, 0) is 39.5 Å². The molecule has 0 saturated carbocycles. The van der Waals surface area contributed by atoms with Crippen LogP contribution in [-0.2, 0) is 23.9 Å². The van der Waals surface area contributed by atoms with Crippen molar-refractivity contribution in [3.63, 3.8) is 0 Å². The van der Waals surface area contributed by atoms with Crippen LogP contribution in [0.15, 0.2) is 0 Å². The number of thiocarbonyl (C=S) groups is 2. The first-order chi connectivity index (χ1) is 12.0. The van der Waals surface area contributed by atoms with E-state index in [1.54, 1.807) is 7.05 Å². The first kappa shape index (κ1) is 40.3. The Morgan fingerprint density at radius 3 is 0.889 bits per heavy atom. The summed E-state index contributed by atoms with van der Waals surface area (Å²) in [5.41, 5.74) is 0. The lowest BCUT2D eigenvalue weighted by Gasteiger charge is -1.84. The van der Waals surface area contributed by atoms with Gasteiger partial charge in [0.05, 0.1) is 12.1 Å². The van der Waals surface area contributed by atoms with E-state index in [1.807, 2.05) is 27.8 Å². The Balaban J connectivity index is -0.0000000492. The van der Waals surface area contributed by atoms with Crippen molar-refractivity contribution in [3.05, 3.63) is 0 Å². The molecule has 10 heteroatoms. The number of ether oxygens (including phenoxy) is 1. The summed E-state index contributed by atoms with van der Waals surface area (Å²) < 4.78 is 4.11. The van der Waals surface area contributed by atoms with Gasteiger partial charge in [-0.1, -0.05) is 24.4 Å². The van der Waals surface area contributed by atoms with Crippen LogP contribution in [0.2, 0.25) is 0 Å². The summed E-state index contributed by atoms with van der Waals surface area (Å²) in [5, 5.41) is 5.01. The zero-order chi connectivity index (χ0) is 23.6. The highest BCUT2D eigenvalue weighted by Crippen LogP contribution is 1.66. The van der Waals surface area contributed by atoms with Crippen molar-refractivity contribution in [1.29, 1.82) is 0 Å². The molecule has 0 aromatic rings. The number of methoxy groups -OCH3 is 1. The molecule has 0 saturated heterocycles. The zero-order valence-corrected chi connectivity index (χ0v) is 20.8. The second kappa shape index (κ2) is 35.7. The predicted octanol–water partition coefficient (Wildman–Crippen LogP) is 2.94. The number of hydrogen-bond acceptors (Lipinski definition) is 7. The van der Waals surface area contributed by atoms with Crippen LogP contribution in [0.25, 0.3) is 0 Å². The molecule has 0 aliphatic rings. The fraction of sp³-hybridized carbons (Fsp3) is 0.647. The highest BCUT2D eigenvalue weighted by atomic mass is 32.1. The van der Waals surface area contributed by atoms with E-state index in [0.29, 0.717) is 0 Å². The quantitative estimate of drug-likeness (QED) is 0.298. The number of amides is 1. The average Bonchev–Trinajstić information content (AvgIpc) is 2.46. The van der Waals surface area contributed by atoms with Gasteiger partial charge in [-0.25, -0.2) is 0 Å². The molecule has 0 fully saturated rings. The van der Waals surface area contributed by atoms with Gasteiger partial charge >= 0.3 is 5.97 Å². The number of hydrogen-bond donors (Lipinski definition) is 3. The maximum Gasteiger partial charge on any atom is 0.302 e. The third kappa shape index (κ3) is 592. The van der Waals surface area contributed by atoms with Crippen LogP contribution in [0.5, 0.6) is 0 Å². The Kier molecular flexibility index (Phi) is 53.3. The van der Waals surface area contributed by atoms with E-state index in [4.69, 9.17) is 0 Å². The summed E-state index contributed by atoms with van der Waals surface area (Å²) in [5.74, 6) is -0.0741. The monoisotopic (exact) mass is 444 g/mol. The van der Waals surface area contributed by atoms with E-state index >= 15 is 0 Å². The van der Waals surface area contributed by atoms with E-state index in [9.17, 15) is 19.2 Å². The molecule has 0 aromatic carbocycles. The molecule has 0 aromatic heterocycles. The van der Waals surface area contributed by atoms with Crippen molar-refractivity contribution < 1.29 is 23.9 Å². The Labute approximate surface area is 180 Å². The van der Waals surface area contributed by atoms with Crippen molar-refractivity contribution in [3.8, 4) is 0 Å². The molecule has 0 spiro atoms.